The number of hydrogen-bond donors (Lipinski definition) is 1. The molecule has 0 aliphatic carbocycles. The van der Waals surface area contributed by atoms with Crippen LogP contribution in [-0.4, -0.2) is 19.6 Å². The Morgan fingerprint density at radius 2 is 2.14 bits per heavy atom. The van der Waals surface area contributed by atoms with Gasteiger partial charge in [-0.2, -0.15) is 0 Å². The first-order chi connectivity index (χ1) is 10.0. The van der Waals surface area contributed by atoms with Crippen LogP contribution in [0.15, 0.2) is 34.3 Å². The highest BCUT2D eigenvalue weighted by Gasteiger charge is 2.07. The summed E-state index contributed by atoms with van der Waals surface area (Å²) in [5.74, 6) is -0.519. The number of furan rings is 1. The topological polar surface area (TPSA) is 59.3 Å². The Labute approximate surface area is 124 Å². The number of nitrogens with one attached hydrogen (secondary N) is 1. The lowest BCUT2D eigenvalue weighted by atomic mass is 10.3. The van der Waals surface area contributed by atoms with Crippen molar-refractivity contribution in [2.75, 3.05) is 12.4 Å². The van der Waals surface area contributed by atoms with Gasteiger partial charge in [0.1, 0.15) is 11.2 Å². The molecule has 2 aromatic rings. The first kappa shape index (κ1) is 16.6. The average molecular weight is 307 g/mol. The fourth-order valence-corrected chi connectivity index (χ4v) is 2.05. The van der Waals surface area contributed by atoms with Gasteiger partial charge in [-0.1, -0.05) is 19.2 Å². The van der Waals surface area contributed by atoms with E-state index in [2.05, 4.69) is 18.5 Å². The lowest BCUT2D eigenvalue weighted by molar-refractivity contribution is 0.109. The van der Waals surface area contributed by atoms with Crippen LogP contribution in [0.5, 0.6) is 0 Å². The van der Waals surface area contributed by atoms with Gasteiger partial charge in [0.25, 0.3) is 0 Å². The normalized spacial score (nSPS) is 10.5. The van der Waals surface area contributed by atoms with Crippen LogP contribution in [0.3, 0.4) is 0 Å². The molecule has 0 aliphatic rings. The molecular weight excluding hydrogens is 293 g/mol. The molecule has 6 heteroatoms. The van der Waals surface area contributed by atoms with Crippen LogP contribution in [-0.2, 0) is 0 Å². The van der Waals surface area contributed by atoms with Crippen LogP contribution in [0, 0.1) is 0 Å². The zero-order valence-corrected chi connectivity index (χ0v) is 12.2. The summed E-state index contributed by atoms with van der Waals surface area (Å²) in [5, 5.41) is 5.02. The molecule has 2 heterocycles. The van der Waals surface area contributed by atoms with Crippen molar-refractivity contribution in [2.45, 2.75) is 0 Å². The minimum atomic E-state index is -0.621. The summed E-state index contributed by atoms with van der Waals surface area (Å²) in [6.07, 6.45) is 2.55. The average Bonchev–Trinajstić information content (AvgIpc) is 3.07. The highest BCUT2D eigenvalue weighted by molar-refractivity contribution is 7.11. The minimum absolute atomic E-state index is 0.102. The van der Waals surface area contributed by atoms with Gasteiger partial charge in [0.2, 0.25) is 0 Å². The maximum absolute atomic E-state index is 12.6. The van der Waals surface area contributed by atoms with Gasteiger partial charge in [-0.25, -0.2) is 4.39 Å². The molecule has 110 valence electrons. The first-order valence-electron chi connectivity index (χ1n) is 5.83. The molecule has 0 radical (unpaired) electrons. The number of carbonyl (C=O) groups is 2. The molecule has 0 saturated heterocycles. The van der Waals surface area contributed by atoms with Crippen molar-refractivity contribution >= 4 is 42.3 Å². The fraction of sp³-hybridized carbons (Fsp3) is 0.0667. The highest BCUT2D eigenvalue weighted by Crippen LogP contribution is 2.05. The lowest BCUT2D eigenvalue weighted by Crippen LogP contribution is -2.20. The number of rotatable bonds is 4. The second-order valence-electron chi connectivity index (χ2n) is 3.77. The van der Waals surface area contributed by atoms with Gasteiger partial charge >= 0.3 is 0 Å². The molecule has 0 atom stereocenters. The summed E-state index contributed by atoms with van der Waals surface area (Å²) in [7, 11) is 1.61. The number of aldehydes is 2. The maximum atomic E-state index is 12.6. The van der Waals surface area contributed by atoms with E-state index >= 15 is 0 Å². The number of allylic oxidation sites excluding steroid dienone is 1. The molecule has 21 heavy (non-hydrogen) atoms. The van der Waals surface area contributed by atoms with Crippen molar-refractivity contribution in [3.05, 3.63) is 51.2 Å². The Hall–Kier alpha value is -2.47. The summed E-state index contributed by atoms with van der Waals surface area (Å²) in [6, 6.07) is 3.64. The van der Waals surface area contributed by atoms with Crippen LogP contribution in [0.1, 0.15) is 20.2 Å². The van der Waals surface area contributed by atoms with Crippen molar-refractivity contribution in [1.82, 2.24) is 0 Å². The third kappa shape index (κ3) is 4.54. The van der Waals surface area contributed by atoms with Gasteiger partial charge in [-0.15, -0.1) is 11.3 Å². The highest BCUT2D eigenvalue weighted by atomic mass is 32.1. The van der Waals surface area contributed by atoms with E-state index in [0.29, 0.717) is 17.2 Å². The Bertz CT molecular complexity index is 732. The van der Waals surface area contributed by atoms with E-state index in [0.717, 1.165) is 17.2 Å². The summed E-state index contributed by atoms with van der Waals surface area (Å²) >= 11 is 1.45. The van der Waals surface area contributed by atoms with Crippen molar-refractivity contribution in [3.63, 3.8) is 0 Å². The van der Waals surface area contributed by atoms with E-state index in [9.17, 15) is 14.0 Å². The number of thiophene rings is 1. The Kier molecular flexibility index (Phi) is 6.29. The predicted octanol–water partition coefficient (Wildman–Crippen LogP) is 2.37. The smallest absolute Gasteiger partial charge is 0.190 e. The van der Waals surface area contributed by atoms with E-state index in [1.165, 1.54) is 11.3 Å². The fourth-order valence-electron chi connectivity index (χ4n) is 1.52. The zero-order valence-electron chi connectivity index (χ0n) is 11.4. The zero-order chi connectivity index (χ0) is 15.8. The van der Waals surface area contributed by atoms with Crippen molar-refractivity contribution < 1.29 is 18.4 Å². The van der Waals surface area contributed by atoms with Crippen molar-refractivity contribution in [2.24, 2.45) is 0 Å². The molecule has 0 aromatic carbocycles. The van der Waals surface area contributed by atoms with E-state index < -0.39 is 5.83 Å². The van der Waals surface area contributed by atoms with E-state index in [1.54, 1.807) is 13.1 Å². The van der Waals surface area contributed by atoms with Crippen LogP contribution in [0.2, 0.25) is 0 Å². The number of carbonyl (C=O) groups excluding carboxylic acids is 2. The molecular formula is C15H14FNO3S. The molecule has 0 saturated carbocycles. The molecule has 2 aromatic heterocycles. The quantitative estimate of drug-likeness (QED) is 0.881. The number of anilines is 1. The van der Waals surface area contributed by atoms with Crippen LogP contribution < -0.4 is 16.0 Å². The Morgan fingerprint density at radius 1 is 1.43 bits per heavy atom. The van der Waals surface area contributed by atoms with Gasteiger partial charge in [-0.05, 0) is 17.5 Å². The van der Waals surface area contributed by atoms with Crippen molar-refractivity contribution in [3.8, 4) is 0 Å². The van der Waals surface area contributed by atoms with E-state index in [-0.39, 0.29) is 11.2 Å². The molecule has 0 fully saturated rings. The number of hydrogen-bond acceptors (Lipinski definition) is 5. The standard InChI is InChI=1S/C10H10FNO2.C5H4OS/c1-6(11)4-8-7(2)14-9(5-13)10(8)12-3;6-4-5-2-1-3-7-5/h4-5,12H,1-2H2,3H3;1-4H/b8-4+;. The van der Waals surface area contributed by atoms with Gasteiger partial charge in [0.15, 0.2) is 18.3 Å². The molecule has 2 rings (SSSR count). The van der Waals surface area contributed by atoms with Crippen LogP contribution in [0.25, 0.3) is 12.7 Å². The third-order valence-electron chi connectivity index (χ3n) is 2.37. The maximum Gasteiger partial charge on any atom is 0.190 e. The summed E-state index contributed by atoms with van der Waals surface area (Å²) in [5.41, 5.74) is 0.652. The summed E-state index contributed by atoms with van der Waals surface area (Å²) < 4.78 is 17.6. The summed E-state index contributed by atoms with van der Waals surface area (Å²) in [4.78, 5) is 21.2. The van der Waals surface area contributed by atoms with Crippen LogP contribution in [0.4, 0.5) is 10.1 Å². The molecule has 0 bridgehead atoms. The van der Waals surface area contributed by atoms with Gasteiger partial charge in [0.05, 0.1) is 10.6 Å². The van der Waals surface area contributed by atoms with Gasteiger partial charge in [-0.3, -0.25) is 9.59 Å². The summed E-state index contributed by atoms with van der Waals surface area (Å²) in [6.45, 7) is 6.64. The largest absolute Gasteiger partial charge is 0.452 e. The Morgan fingerprint density at radius 3 is 2.52 bits per heavy atom. The first-order valence-corrected chi connectivity index (χ1v) is 6.71. The molecule has 0 amide bonds. The predicted molar refractivity (Wildman–Crippen MR) is 82.8 cm³/mol. The van der Waals surface area contributed by atoms with E-state index in [4.69, 9.17) is 4.42 Å². The van der Waals surface area contributed by atoms with Gasteiger partial charge in [0, 0.05) is 12.3 Å². The SMILES string of the molecule is C=C(F)/C=c1/c(NC)c(C=O)oc1=C.O=Cc1cccs1. The lowest BCUT2D eigenvalue weighted by Gasteiger charge is -1.93. The second kappa shape index (κ2) is 7.96. The number of halogens is 1. The van der Waals surface area contributed by atoms with Crippen LogP contribution >= 0.6 is 11.3 Å². The third-order valence-corrected chi connectivity index (χ3v) is 3.16. The molecule has 0 aliphatic heterocycles. The molecule has 0 spiro atoms. The molecule has 4 nitrogen and oxygen atoms in total. The van der Waals surface area contributed by atoms with E-state index in [1.807, 2.05) is 11.4 Å². The van der Waals surface area contributed by atoms with Crippen molar-refractivity contribution in [1.29, 1.82) is 0 Å². The molecule has 1 N–H and O–H groups in total. The minimum Gasteiger partial charge on any atom is -0.452 e. The monoisotopic (exact) mass is 307 g/mol. The Balaban J connectivity index is 0.000000262. The molecule has 0 unspecified atom stereocenters. The second-order valence-corrected chi connectivity index (χ2v) is 4.75. The van der Waals surface area contributed by atoms with Gasteiger partial charge < -0.3 is 9.73 Å².